The minimum Gasteiger partial charge on any atom is -0.490 e. The van der Waals surface area contributed by atoms with E-state index in [9.17, 15) is 14.4 Å². The summed E-state index contributed by atoms with van der Waals surface area (Å²) >= 11 is 0. The zero-order valence-electron chi connectivity index (χ0n) is 16.5. The Balaban J connectivity index is 1.82. The van der Waals surface area contributed by atoms with Crippen molar-refractivity contribution in [2.75, 3.05) is 32.8 Å². The molecule has 0 saturated carbocycles. The Labute approximate surface area is 165 Å². The molecule has 1 aromatic carbocycles. The van der Waals surface area contributed by atoms with Gasteiger partial charge in [-0.3, -0.25) is 14.4 Å². The van der Waals surface area contributed by atoms with Crippen LogP contribution in [0.25, 0.3) is 0 Å². The molecule has 1 aromatic rings. The number of rotatable bonds is 8. The summed E-state index contributed by atoms with van der Waals surface area (Å²) in [6.45, 7) is 5.97. The molecule has 8 heteroatoms. The molecule has 0 unspecified atom stereocenters. The van der Waals surface area contributed by atoms with Gasteiger partial charge in [0.2, 0.25) is 5.91 Å². The molecule has 1 fully saturated rings. The van der Waals surface area contributed by atoms with Gasteiger partial charge in [0, 0.05) is 25.6 Å². The van der Waals surface area contributed by atoms with E-state index >= 15 is 0 Å². The molecule has 0 aliphatic carbocycles. The second kappa shape index (κ2) is 10.5. The minimum absolute atomic E-state index is 0.216. The fraction of sp³-hybridized carbons (Fsp3) is 0.550. The SMILES string of the molecule is CCOc1ccc(CCNC(=O)C(=O)N2CCC(C(N)=O)CC2)cc1OCC. The Kier molecular flexibility index (Phi) is 8.10. The van der Waals surface area contributed by atoms with Crippen LogP contribution in [0.2, 0.25) is 0 Å². The highest BCUT2D eigenvalue weighted by molar-refractivity contribution is 6.35. The number of carbonyl (C=O) groups excluding carboxylic acids is 3. The lowest BCUT2D eigenvalue weighted by atomic mass is 9.96. The summed E-state index contributed by atoms with van der Waals surface area (Å²) in [7, 11) is 0. The molecule has 3 amide bonds. The van der Waals surface area contributed by atoms with Gasteiger partial charge in [-0.05, 0) is 50.8 Å². The average Bonchev–Trinajstić information content (AvgIpc) is 2.69. The van der Waals surface area contributed by atoms with Crippen LogP contribution in [0.1, 0.15) is 32.3 Å². The van der Waals surface area contributed by atoms with Crippen LogP contribution in [-0.4, -0.2) is 55.5 Å². The molecular formula is C20H29N3O5. The van der Waals surface area contributed by atoms with Gasteiger partial charge >= 0.3 is 11.8 Å². The fourth-order valence-corrected chi connectivity index (χ4v) is 3.16. The molecule has 3 N–H and O–H groups in total. The number of likely N-dealkylation sites (tertiary alicyclic amines) is 1. The van der Waals surface area contributed by atoms with E-state index in [4.69, 9.17) is 15.2 Å². The van der Waals surface area contributed by atoms with E-state index < -0.39 is 11.8 Å². The van der Waals surface area contributed by atoms with E-state index in [0.717, 1.165) is 5.56 Å². The Morgan fingerprint density at radius 2 is 1.75 bits per heavy atom. The number of amides is 3. The highest BCUT2D eigenvalue weighted by Gasteiger charge is 2.28. The lowest BCUT2D eigenvalue weighted by molar-refractivity contribution is -0.147. The van der Waals surface area contributed by atoms with Crippen molar-refractivity contribution in [3.8, 4) is 11.5 Å². The number of ether oxygens (including phenoxy) is 2. The maximum absolute atomic E-state index is 12.2. The van der Waals surface area contributed by atoms with Gasteiger partial charge in [-0.1, -0.05) is 6.07 Å². The Hall–Kier alpha value is -2.77. The Morgan fingerprint density at radius 1 is 1.11 bits per heavy atom. The molecule has 0 radical (unpaired) electrons. The topological polar surface area (TPSA) is 111 Å². The molecule has 1 saturated heterocycles. The summed E-state index contributed by atoms with van der Waals surface area (Å²) in [5, 5.41) is 2.66. The van der Waals surface area contributed by atoms with E-state index in [1.54, 1.807) is 0 Å². The van der Waals surface area contributed by atoms with Gasteiger partial charge in [-0.15, -0.1) is 0 Å². The van der Waals surface area contributed by atoms with Crippen molar-refractivity contribution >= 4 is 17.7 Å². The first-order valence-electron chi connectivity index (χ1n) is 9.71. The van der Waals surface area contributed by atoms with Crippen LogP contribution in [0.4, 0.5) is 0 Å². The minimum atomic E-state index is -0.631. The third-order valence-electron chi connectivity index (χ3n) is 4.69. The van der Waals surface area contributed by atoms with Crippen molar-refractivity contribution in [3.05, 3.63) is 23.8 Å². The second-order valence-corrected chi connectivity index (χ2v) is 6.62. The first-order valence-corrected chi connectivity index (χ1v) is 9.71. The number of benzene rings is 1. The van der Waals surface area contributed by atoms with Crippen molar-refractivity contribution in [2.24, 2.45) is 11.7 Å². The van der Waals surface area contributed by atoms with Crippen LogP contribution >= 0.6 is 0 Å². The maximum Gasteiger partial charge on any atom is 0.311 e. The van der Waals surface area contributed by atoms with E-state index in [1.165, 1.54) is 4.90 Å². The standard InChI is InChI=1S/C20H29N3O5/c1-3-27-16-6-5-14(13-17(16)28-4-2)7-10-22-19(25)20(26)23-11-8-15(9-12-23)18(21)24/h5-6,13,15H,3-4,7-12H2,1-2H3,(H2,21,24)(H,22,25). The summed E-state index contributed by atoms with van der Waals surface area (Å²) in [4.78, 5) is 37.0. The molecule has 0 atom stereocenters. The van der Waals surface area contributed by atoms with E-state index in [0.29, 0.717) is 63.6 Å². The highest BCUT2D eigenvalue weighted by atomic mass is 16.5. The van der Waals surface area contributed by atoms with E-state index in [1.807, 2.05) is 32.0 Å². The van der Waals surface area contributed by atoms with Crippen LogP contribution in [-0.2, 0) is 20.8 Å². The predicted octanol–water partition coefficient (Wildman–Crippen LogP) is 0.867. The summed E-state index contributed by atoms with van der Waals surface area (Å²) < 4.78 is 11.1. The highest BCUT2D eigenvalue weighted by Crippen LogP contribution is 2.28. The lowest BCUT2D eigenvalue weighted by Gasteiger charge is -2.29. The molecular weight excluding hydrogens is 362 g/mol. The van der Waals surface area contributed by atoms with Gasteiger partial charge in [0.15, 0.2) is 11.5 Å². The summed E-state index contributed by atoms with van der Waals surface area (Å²) in [6, 6.07) is 5.65. The van der Waals surface area contributed by atoms with Gasteiger partial charge in [0.1, 0.15) is 0 Å². The number of primary amides is 1. The number of piperidine rings is 1. The van der Waals surface area contributed by atoms with Gasteiger partial charge in [0.25, 0.3) is 0 Å². The Morgan fingerprint density at radius 3 is 2.36 bits per heavy atom. The molecule has 28 heavy (non-hydrogen) atoms. The zero-order valence-corrected chi connectivity index (χ0v) is 16.5. The molecule has 1 aliphatic rings. The van der Waals surface area contributed by atoms with Gasteiger partial charge < -0.3 is 25.4 Å². The smallest absolute Gasteiger partial charge is 0.311 e. The summed E-state index contributed by atoms with van der Waals surface area (Å²) in [6.07, 6.45) is 1.57. The molecule has 2 rings (SSSR count). The number of nitrogens with zero attached hydrogens (tertiary/aromatic N) is 1. The first-order chi connectivity index (χ1) is 13.5. The molecule has 0 spiro atoms. The number of nitrogens with one attached hydrogen (secondary N) is 1. The normalized spacial score (nSPS) is 14.4. The third kappa shape index (κ3) is 5.87. The van der Waals surface area contributed by atoms with Crippen molar-refractivity contribution in [1.82, 2.24) is 10.2 Å². The number of hydrogen-bond acceptors (Lipinski definition) is 5. The van der Waals surface area contributed by atoms with Crippen LogP contribution in [0.5, 0.6) is 11.5 Å². The molecule has 0 bridgehead atoms. The van der Waals surface area contributed by atoms with Crippen molar-refractivity contribution in [1.29, 1.82) is 0 Å². The maximum atomic E-state index is 12.2. The predicted molar refractivity (Wildman–Crippen MR) is 104 cm³/mol. The molecule has 0 aromatic heterocycles. The second-order valence-electron chi connectivity index (χ2n) is 6.62. The molecule has 8 nitrogen and oxygen atoms in total. The molecule has 1 heterocycles. The lowest BCUT2D eigenvalue weighted by Crippen LogP contribution is -2.48. The monoisotopic (exact) mass is 391 g/mol. The van der Waals surface area contributed by atoms with Gasteiger partial charge in [-0.2, -0.15) is 0 Å². The summed E-state index contributed by atoms with van der Waals surface area (Å²) in [5.41, 5.74) is 6.26. The first kappa shape index (κ1) is 21.5. The van der Waals surface area contributed by atoms with Crippen LogP contribution in [0, 0.1) is 5.92 Å². The number of carbonyl (C=O) groups is 3. The number of nitrogens with two attached hydrogens (primary N) is 1. The van der Waals surface area contributed by atoms with Crippen LogP contribution < -0.4 is 20.5 Å². The molecule has 1 aliphatic heterocycles. The van der Waals surface area contributed by atoms with E-state index in [2.05, 4.69) is 5.32 Å². The van der Waals surface area contributed by atoms with Gasteiger partial charge in [-0.25, -0.2) is 0 Å². The quantitative estimate of drug-likeness (QED) is 0.639. The molecule has 154 valence electrons. The van der Waals surface area contributed by atoms with Crippen LogP contribution in [0.15, 0.2) is 18.2 Å². The van der Waals surface area contributed by atoms with Crippen molar-refractivity contribution in [3.63, 3.8) is 0 Å². The van der Waals surface area contributed by atoms with Crippen LogP contribution in [0.3, 0.4) is 0 Å². The number of hydrogen-bond donors (Lipinski definition) is 2. The Bertz CT molecular complexity index is 699. The average molecular weight is 391 g/mol. The fourth-order valence-electron chi connectivity index (χ4n) is 3.16. The van der Waals surface area contributed by atoms with E-state index in [-0.39, 0.29) is 11.8 Å². The zero-order chi connectivity index (χ0) is 20.5. The van der Waals surface area contributed by atoms with Gasteiger partial charge in [0.05, 0.1) is 13.2 Å². The third-order valence-corrected chi connectivity index (χ3v) is 4.69. The van der Waals surface area contributed by atoms with Crippen molar-refractivity contribution in [2.45, 2.75) is 33.1 Å². The van der Waals surface area contributed by atoms with Crippen molar-refractivity contribution < 1.29 is 23.9 Å². The summed E-state index contributed by atoms with van der Waals surface area (Å²) in [5.74, 6) is -0.406. The largest absolute Gasteiger partial charge is 0.490 e.